The van der Waals surface area contributed by atoms with Gasteiger partial charge < -0.3 is 70.0 Å². The number of methoxy groups -OCH3 is 1. The van der Waals surface area contributed by atoms with Crippen LogP contribution in [0.4, 0.5) is 27.8 Å². The topological polar surface area (TPSA) is 304 Å². The van der Waals surface area contributed by atoms with Gasteiger partial charge in [-0.2, -0.15) is 4.98 Å². The van der Waals surface area contributed by atoms with Crippen molar-refractivity contribution in [1.82, 2.24) is 29.2 Å². The van der Waals surface area contributed by atoms with Crippen LogP contribution in [0, 0.1) is 6.92 Å². The standard InChI is InChI=1S/C31H36N2O11.C27H32N8O2/c1-14(2)7-8-16-13-17(9-11-19(16)34)27(37)33-21-22(35)18-10-12-20(15(3)24(18)42-28(21)38)41-29-23(36)25(43-30(32)39)26(40-6)31(4,5)44-29;1-5-13-34-25(36)21-18-28-26(29-19-9-11-20(12-10-19)33-16-14-32(4)15-17-33)31-24(21)35(34)23-8-6-7-22(30-23)27(2,3)37/h7,9-13,23,25-26,29,34-36H,8H2,1-6H3,(H2,32,39)(H,33,37);5-12,18,37H,1,13-17H2,2-4H3,(H,28,29,31). The van der Waals surface area contributed by atoms with Gasteiger partial charge in [-0.15, -0.1) is 6.58 Å². The zero-order valence-corrected chi connectivity index (χ0v) is 46.6. The Labute approximate surface area is 466 Å². The number of phenolic OH excluding ortho intramolecular Hbond substituents is 1. The van der Waals surface area contributed by atoms with Crippen LogP contribution in [0.15, 0.2) is 117 Å². The van der Waals surface area contributed by atoms with Gasteiger partial charge in [0.05, 0.1) is 23.2 Å². The number of nitrogens with two attached hydrogens (primary N) is 1. The van der Waals surface area contributed by atoms with Crippen molar-refractivity contribution in [2.24, 2.45) is 5.73 Å². The number of piperazine rings is 1. The molecule has 0 radical (unpaired) electrons. The van der Waals surface area contributed by atoms with E-state index in [0.717, 1.165) is 37.4 Å². The molecule has 2 saturated heterocycles. The molecule has 23 nitrogen and oxygen atoms in total. The van der Waals surface area contributed by atoms with Gasteiger partial charge in [0.2, 0.25) is 12.2 Å². The minimum Gasteiger partial charge on any atom is -0.508 e. The van der Waals surface area contributed by atoms with E-state index >= 15 is 0 Å². The number of ether oxygens (including phenoxy) is 4. The Bertz CT molecular complexity index is 3630. The van der Waals surface area contributed by atoms with E-state index < -0.39 is 64.9 Å². The first kappa shape index (κ1) is 58.5. The molecule has 23 heteroatoms. The highest BCUT2D eigenvalue weighted by Crippen LogP contribution is 2.39. The molecule has 6 heterocycles. The molecule has 8 N–H and O–H groups in total. The summed E-state index contributed by atoms with van der Waals surface area (Å²) in [6.07, 6.45) is -0.635. The van der Waals surface area contributed by atoms with Gasteiger partial charge in [-0.1, -0.05) is 23.8 Å². The number of carbonyl (C=O) groups excluding carboxylic acids is 2. The smallest absolute Gasteiger partial charge is 0.404 e. The van der Waals surface area contributed by atoms with Crippen LogP contribution in [0.25, 0.3) is 27.8 Å². The number of phenols is 1. The summed E-state index contributed by atoms with van der Waals surface area (Å²) in [5.41, 5.74) is 6.09. The number of aliphatic hydroxyl groups excluding tert-OH is 1. The molecule has 4 unspecified atom stereocenters. The summed E-state index contributed by atoms with van der Waals surface area (Å²) in [6.45, 7) is 20.2. The van der Waals surface area contributed by atoms with Crippen molar-refractivity contribution in [3.8, 4) is 23.1 Å². The highest BCUT2D eigenvalue weighted by Gasteiger charge is 2.53. The Balaban J connectivity index is 0.000000215. The van der Waals surface area contributed by atoms with Gasteiger partial charge in [0.25, 0.3) is 11.5 Å². The number of carbonyl (C=O) groups is 2. The van der Waals surface area contributed by atoms with Gasteiger partial charge in [-0.25, -0.2) is 28.9 Å². The minimum absolute atomic E-state index is 0.0183. The van der Waals surface area contributed by atoms with E-state index in [1.807, 2.05) is 32.1 Å². The Morgan fingerprint density at radius 2 is 1.70 bits per heavy atom. The average molecular weight is 1110 g/mol. The van der Waals surface area contributed by atoms with E-state index in [-0.39, 0.29) is 45.7 Å². The molecule has 0 saturated carbocycles. The van der Waals surface area contributed by atoms with Gasteiger partial charge in [0, 0.05) is 62.0 Å². The number of anilines is 4. The number of nitrogens with one attached hydrogen (secondary N) is 2. The molecule has 4 aromatic heterocycles. The number of likely N-dealkylation sites (N-methyl/N-ethyl adjacent to an activating group) is 1. The van der Waals surface area contributed by atoms with Crippen LogP contribution in [0.5, 0.6) is 17.2 Å². The summed E-state index contributed by atoms with van der Waals surface area (Å²) in [4.78, 5) is 69.1. The number of hydrogen-bond donors (Lipinski definition) is 7. The maximum atomic E-state index is 13.2. The number of aromatic nitrogens is 5. The van der Waals surface area contributed by atoms with E-state index in [4.69, 9.17) is 34.1 Å². The molecule has 0 bridgehead atoms. The number of primary amides is 1. The number of aliphatic hydroxyl groups is 2. The van der Waals surface area contributed by atoms with Crippen molar-refractivity contribution in [1.29, 1.82) is 0 Å². The normalized spacial score (nSPS) is 18.1. The van der Waals surface area contributed by atoms with Crippen molar-refractivity contribution in [3.63, 3.8) is 0 Å². The fourth-order valence-corrected chi connectivity index (χ4v) is 9.50. The number of allylic oxidation sites excluding steroid dienone is 3. The maximum absolute atomic E-state index is 13.2. The summed E-state index contributed by atoms with van der Waals surface area (Å²) in [7, 11) is 3.51. The highest BCUT2D eigenvalue weighted by atomic mass is 16.7. The van der Waals surface area contributed by atoms with E-state index in [2.05, 4.69) is 56.2 Å². The quantitative estimate of drug-likeness (QED) is 0.0425. The molecule has 3 aromatic carbocycles. The lowest BCUT2D eigenvalue weighted by Crippen LogP contribution is -2.65. The lowest BCUT2D eigenvalue weighted by molar-refractivity contribution is -0.304. The molecule has 0 spiro atoms. The molecule has 9 rings (SSSR count). The number of aryl methyl sites for hydroxylation is 1. The lowest BCUT2D eigenvalue weighted by Gasteiger charge is -2.47. The van der Waals surface area contributed by atoms with Gasteiger partial charge in [-0.05, 0) is 134 Å². The zero-order valence-electron chi connectivity index (χ0n) is 46.6. The monoisotopic (exact) mass is 1110 g/mol. The second kappa shape index (κ2) is 24.0. The Kier molecular flexibility index (Phi) is 17.3. The zero-order chi connectivity index (χ0) is 58.7. The van der Waals surface area contributed by atoms with Crippen molar-refractivity contribution < 1.29 is 53.4 Å². The first-order valence-electron chi connectivity index (χ1n) is 26.1. The SMILES string of the molecule is C=CCn1c(=O)c2cnc(Nc3ccc(N4CCN(C)CC4)cc3)nc2n1-c1cccc(C(C)(C)O)n1.COC1C(OC(N)=O)C(O)C(Oc2ccc3c(O)c(NC(=O)c4ccc(O)c(CC=C(C)C)c4)c(=O)oc3c2C)OC1(C)C. The number of rotatable bonds is 15. The molecule has 81 heavy (non-hydrogen) atoms. The Morgan fingerprint density at radius 1 is 0.988 bits per heavy atom. The Morgan fingerprint density at radius 3 is 2.36 bits per heavy atom. The van der Waals surface area contributed by atoms with Crippen LogP contribution >= 0.6 is 0 Å². The Hall–Kier alpha value is -8.61. The van der Waals surface area contributed by atoms with Crippen LogP contribution in [-0.4, -0.2) is 132 Å². The van der Waals surface area contributed by atoms with Crippen molar-refractivity contribution in [3.05, 3.63) is 146 Å². The first-order valence-corrected chi connectivity index (χ1v) is 26.1. The van der Waals surface area contributed by atoms with Crippen LogP contribution < -0.4 is 37.2 Å². The van der Waals surface area contributed by atoms with E-state index in [0.29, 0.717) is 40.5 Å². The van der Waals surface area contributed by atoms with Gasteiger partial charge in [0.1, 0.15) is 34.2 Å². The maximum Gasteiger partial charge on any atom is 0.404 e. The van der Waals surface area contributed by atoms with Crippen molar-refractivity contribution in [2.75, 3.05) is 55.9 Å². The van der Waals surface area contributed by atoms with E-state index in [1.54, 1.807) is 63.6 Å². The predicted octanol–water partition coefficient (Wildman–Crippen LogP) is 6.51. The third-order valence-electron chi connectivity index (χ3n) is 13.9. The number of pyridine rings is 1. The van der Waals surface area contributed by atoms with Crippen LogP contribution in [0.1, 0.15) is 68.7 Å². The molecular weight excluding hydrogens is 1040 g/mol. The molecule has 2 fully saturated rings. The van der Waals surface area contributed by atoms with Gasteiger partial charge in [0.15, 0.2) is 35.1 Å². The molecule has 428 valence electrons. The number of amides is 2. The fraction of sp³-hybridized carbons (Fsp3) is 0.362. The van der Waals surface area contributed by atoms with Crippen LogP contribution in [0.3, 0.4) is 0 Å². The molecule has 4 atom stereocenters. The van der Waals surface area contributed by atoms with Gasteiger partial charge >= 0.3 is 11.7 Å². The second-order valence-electron chi connectivity index (χ2n) is 21.0. The molecule has 7 aromatic rings. The number of fused-ring (bicyclic) bond motifs is 2. The lowest BCUT2D eigenvalue weighted by atomic mass is 9.89. The molecule has 2 amide bonds. The minimum atomic E-state index is -1.52. The summed E-state index contributed by atoms with van der Waals surface area (Å²) in [5, 5.41) is 48.7. The average Bonchev–Trinajstić information content (AvgIpc) is 3.77. The number of benzene rings is 3. The predicted molar refractivity (Wildman–Crippen MR) is 305 cm³/mol. The largest absolute Gasteiger partial charge is 0.508 e. The van der Waals surface area contributed by atoms with Crippen LogP contribution in [0.2, 0.25) is 0 Å². The van der Waals surface area contributed by atoms with Gasteiger partial charge in [-0.3, -0.25) is 9.59 Å². The summed E-state index contributed by atoms with van der Waals surface area (Å²) < 4.78 is 31.0. The molecular formula is C58H68N10O13. The number of hydrogen-bond acceptors (Lipinski definition) is 19. The third kappa shape index (κ3) is 12.9. The fourth-order valence-electron chi connectivity index (χ4n) is 9.50. The molecule has 0 aliphatic carbocycles. The van der Waals surface area contributed by atoms with E-state index in [1.165, 1.54) is 54.0 Å². The third-order valence-corrected chi connectivity index (χ3v) is 13.9. The van der Waals surface area contributed by atoms with Crippen molar-refractivity contribution >= 4 is 57.0 Å². The summed E-state index contributed by atoms with van der Waals surface area (Å²) in [5.74, 6) is -0.258. The second-order valence-corrected chi connectivity index (χ2v) is 21.0. The summed E-state index contributed by atoms with van der Waals surface area (Å²) >= 11 is 0. The van der Waals surface area contributed by atoms with E-state index in [9.17, 15) is 39.6 Å². The first-order chi connectivity index (χ1) is 38.4. The number of nitrogens with zero attached hydrogens (tertiary/aromatic N) is 7. The molecule has 2 aliphatic rings. The number of aromatic hydroxyl groups is 2. The highest BCUT2D eigenvalue weighted by molar-refractivity contribution is 6.06. The van der Waals surface area contributed by atoms with Crippen molar-refractivity contribution in [2.45, 2.75) is 97.2 Å². The summed E-state index contributed by atoms with van der Waals surface area (Å²) in [6, 6.07) is 20.6. The van der Waals surface area contributed by atoms with Crippen LogP contribution in [-0.2, 0) is 32.8 Å². The molecule has 2 aliphatic heterocycles.